The summed E-state index contributed by atoms with van der Waals surface area (Å²) >= 11 is 5.98. The molecule has 0 unspecified atom stereocenters. The molecule has 4 nitrogen and oxygen atoms in total. The summed E-state index contributed by atoms with van der Waals surface area (Å²) in [6, 6.07) is 12.1. The fourth-order valence-corrected chi connectivity index (χ4v) is 2.36. The zero-order valence-electron chi connectivity index (χ0n) is 12.0. The number of anilines is 2. The van der Waals surface area contributed by atoms with E-state index in [9.17, 15) is 0 Å². The predicted octanol–water partition coefficient (Wildman–Crippen LogP) is 3.67. The van der Waals surface area contributed by atoms with Gasteiger partial charge in [-0.25, -0.2) is 4.98 Å². The molecule has 2 aromatic heterocycles. The van der Waals surface area contributed by atoms with Gasteiger partial charge in [-0.2, -0.15) is 0 Å². The van der Waals surface area contributed by atoms with Gasteiger partial charge in [-0.15, -0.1) is 0 Å². The maximum atomic E-state index is 5.98. The number of nitrogens with one attached hydrogen (secondary N) is 1. The molecule has 108 valence electrons. The molecule has 0 fully saturated rings. The van der Waals surface area contributed by atoms with Gasteiger partial charge in [-0.05, 0) is 30.3 Å². The fourth-order valence-electron chi connectivity index (χ4n) is 2.19. The molecule has 21 heavy (non-hydrogen) atoms. The van der Waals surface area contributed by atoms with Gasteiger partial charge in [0.25, 0.3) is 0 Å². The van der Waals surface area contributed by atoms with Gasteiger partial charge in [0.1, 0.15) is 5.65 Å². The lowest BCUT2D eigenvalue weighted by molar-refractivity contribution is 1.07. The maximum Gasteiger partial charge on any atom is 0.137 e. The van der Waals surface area contributed by atoms with Crippen LogP contribution in [0.3, 0.4) is 0 Å². The van der Waals surface area contributed by atoms with Crippen LogP contribution in [0.15, 0.2) is 48.8 Å². The van der Waals surface area contributed by atoms with E-state index >= 15 is 0 Å². The summed E-state index contributed by atoms with van der Waals surface area (Å²) in [6.07, 6.45) is 3.85. The summed E-state index contributed by atoms with van der Waals surface area (Å²) < 4.78 is 1.94. The number of halogens is 1. The minimum atomic E-state index is 0.677. The maximum absolute atomic E-state index is 5.98. The summed E-state index contributed by atoms with van der Waals surface area (Å²) in [7, 11) is 4.07. The Bertz CT molecular complexity index is 764. The third kappa shape index (κ3) is 3.11. The van der Waals surface area contributed by atoms with Crippen LogP contribution in [-0.2, 0) is 6.54 Å². The minimum Gasteiger partial charge on any atom is -0.379 e. The minimum absolute atomic E-state index is 0.677. The second-order valence-electron chi connectivity index (χ2n) is 5.14. The molecule has 0 saturated carbocycles. The summed E-state index contributed by atoms with van der Waals surface area (Å²) in [5.74, 6) is 0. The van der Waals surface area contributed by atoms with Gasteiger partial charge in [0.15, 0.2) is 0 Å². The van der Waals surface area contributed by atoms with Crippen LogP contribution in [0.1, 0.15) is 5.69 Å². The van der Waals surface area contributed by atoms with Crippen LogP contribution >= 0.6 is 11.6 Å². The average molecular weight is 301 g/mol. The molecule has 1 N–H and O–H groups in total. The highest BCUT2D eigenvalue weighted by molar-refractivity contribution is 6.30. The van der Waals surface area contributed by atoms with E-state index in [1.54, 1.807) is 0 Å². The second kappa shape index (κ2) is 5.66. The largest absolute Gasteiger partial charge is 0.379 e. The van der Waals surface area contributed by atoms with Gasteiger partial charge in [-0.1, -0.05) is 17.7 Å². The quantitative estimate of drug-likeness (QED) is 0.798. The summed E-state index contributed by atoms with van der Waals surface area (Å²) in [4.78, 5) is 6.64. The Kier molecular flexibility index (Phi) is 3.71. The van der Waals surface area contributed by atoms with E-state index in [1.165, 1.54) is 5.69 Å². The summed E-state index contributed by atoms with van der Waals surface area (Å²) in [6.45, 7) is 0.677. The van der Waals surface area contributed by atoms with Crippen LogP contribution in [-0.4, -0.2) is 23.5 Å². The number of fused-ring (bicyclic) bond motifs is 1. The Balaban J connectivity index is 1.75. The van der Waals surface area contributed by atoms with Crippen LogP contribution in [0.5, 0.6) is 0 Å². The molecule has 3 aromatic rings. The Morgan fingerprint density at radius 1 is 1.19 bits per heavy atom. The van der Waals surface area contributed by atoms with Gasteiger partial charge in [0.05, 0.1) is 17.3 Å². The molecule has 0 spiro atoms. The molecule has 0 saturated heterocycles. The second-order valence-corrected chi connectivity index (χ2v) is 5.58. The molecule has 0 radical (unpaired) electrons. The number of aromatic nitrogens is 2. The molecule has 0 bridgehead atoms. The van der Waals surface area contributed by atoms with Gasteiger partial charge in [-0.3, -0.25) is 0 Å². The van der Waals surface area contributed by atoms with Crippen molar-refractivity contribution < 1.29 is 0 Å². The van der Waals surface area contributed by atoms with Crippen molar-refractivity contribution in [3.63, 3.8) is 0 Å². The number of nitrogens with zero attached hydrogens (tertiary/aromatic N) is 3. The third-order valence-corrected chi connectivity index (χ3v) is 3.52. The zero-order chi connectivity index (χ0) is 14.8. The SMILES string of the molecule is CN(C)c1cccc(NCc2cn3cc(Cl)ccc3n2)c1. The average Bonchev–Trinajstić information content (AvgIpc) is 2.87. The molecule has 0 aliphatic rings. The van der Waals surface area contributed by atoms with E-state index in [2.05, 4.69) is 33.4 Å². The third-order valence-electron chi connectivity index (χ3n) is 3.30. The molecule has 1 aromatic carbocycles. The molecular formula is C16H17ClN4. The zero-order valence-corrected chi connectivity index (χ0v) is 12.8. The molecular weight excluding hydrogens is 284 g/mol. The molecule has 0 atom stereocenters. The van der Waals surface area contributed by atoms with Crippen molar-refractivity contribution in [1.82, 2.24) is 9.38 Å². The summed E-state index contributed by atoms with van der Waals surface area (Å²) in [5, 5.41) is 4.10. The molecule has 0 amide bonds. The topological polar surface area (TPSA) is 32.6 Å². The van der Waals surface area contributed by atoms with Crippen molar-refractivity contribution in [1.29, 1.82) is 0 Å². The van der Waals surface area contributed by atoms with E-state index in [-0.39, 0.29) is 0 Å². The van der Waals surface area contributed by atoms with E-state index in [0.717, 1.165) is 17.0 Å². The molecule has 2 heterocycles. The van der Waals surface area contributed by atoms with Crippen molar-refractivity contribution in [3.8, 4) is 0 Å². The fraction of sp³-hybridized carbons (Fsp3) is 0.188. The molecule has 0 aliphatic carbocycles. The van der Waals surface area contributed by atoms with Gasteiger partial charge in [0, 0.05) is 37.9 Å². The van der Waals surface area contributed by atoms with E-state index in [0.29, 0.717) is 11.6 Å². The number of benzene rings is 1. The molecule has 5 heteroatoms. The lowest BCUT2D eigenvalue weighted by atomic mass is 10.2. The highest BCUT2D eigenvalue weighted by Crippen LogP contribution is 2.18. The van der Waals surface area contributed by atoms with Crippen molar-refractivity contribution in [2.75, 3.05) is 24.3 Å². The first kappa shape index (κ1) is 13.8. The van der Waals surface area contributed by atoms with Gasteiger partial charge >= 0.3 is 0 Å². The first-order chi connectivity index (χ1) is 10.1. The van der Waals surface area contributed by atoms with Crippen molar-refractivity contribution >= 4 is 28.6 Å². The standard InChI is InChI=1S/C16H17ClN4/c1-20(2)15-5-3-4-13(8-15)18-9-14-11-21-10-12(17)6-7-16(21)19-14/h3-8,10-11,18H,9H2,1-2H3. The normalized spacial score (nSPS) is 10.8. The highest BCUT2D eigenvalue weighted by Gasteiger charge is 2.03. The first-order valence-electron chi connectivity index (χ1n) is 6.76. The van der Waals surface area contributed by atoms with Gasteiger partial charge in [0.2, 0.25) is 0 Å². The Morgan fingerprint density at radius 3 is 2.86 bits per heavy atom. The number of imidazole rings is 1. The van der Waals surface area contributed by atoms with E-state index in [1.807, 2.05) is 49.1 Å². The lowest BCUT2D eigenvalue weighted by Gasteiger charge is -2.14. The number of hydrogen-bond donors (Lipinski definition) is 1. The van der Waals surface area contributed by atoms with E-state index in [4.69, 9.17) is 11.6 Å². The van der Waals surface area contributed by atoms with Crippen molar-refractivity contribution in [2.45, 2.75) is 6.54 Å². The van der Waals surface area contributed by atoms with Crippen LogP contribution in [0.4, 0.5) is 11.4 Å². The summed E-state index contributed by atoms with van der Waals surface area (Å²) in [5.41, 5.74) is 4.13. The van der Waals surface area contributed by atoms with Crippen molar-refractivity contribution in [3.05, 3.63) is 59.5 Å². The number of pyridine rings is 1. The van der Waals surface area contributed by atoms with Crippen LogP contribution < -0.4 is 10.2 Å². The smallest absolute Gasteiger partial charge is 0.137 e. The number of hydrogen-bond acceptors (Lipinski definition) is 3. The first-order valence-corrected chi connectivity index (χ1v) is 7.14. The Hall–Kier alpha value is -2.20. The van der Waals surface area contributed by atoms with Crippen molar-refractivity contribution in [2.24, 2.45) is 0 Å². The van der Waals surface area contributed by atoms with Crippen LogP contribution in [0.2, 0.25) is 5.02 Å². The lowest BCUT2D eigenvalue weighted by Crippen LogP contribution is -2.09. The molecule has 0 aliphatic heterocycles. The Labute approximate surface area is 129 Å². The van der Waals surface area contributed by atoms with Gasteiger partial charge < -0.3 is 14.6 Å². The monoisotopic (exact) mass is 300 g/mol. The number of rotatable bonds is 4. The Morgan fingerprint density at radius 2 is 2.05 bits per heavy atom. The van der Waals surface area contributed by atoms with Crippen LogP contribution in [0.25, 0.3) is 5.65 Å². The predicted molar refractivity (Wildman–Crippen MR) is 88.3 cm³/mol. The molecule has 3 rings (SSSR count). The van der Waals surface area contributed by atoms with E-state index < -0.39 is 0 Å². The van der Waals surface area contributed by atoms with Crippen LogP contribution in [0, 0.1) is 0 Å². The highest BCUT2D eigenvalue weighted by atomic mass is 35.5.